The molecule has 2 bridgehead atoms. The molecule has 5 unspecified atom stereocenters. The lowest BCUT2D eigenvalue weighted by atomic mass is 9.89. The normalized spacial score (nSPS) is 34.7. The largest absolute Gasteiger partial charge is 0.386 e. The zero-order chi connectivity index (χ0) is 27.8. The van der Waals surface area contributed by atoms with E-state index in [-0.39, 0.29) is 60.1 Å². The first-order valence-corrected chi connectivity index (χ1v) is 14.8. The molecule has 3 aliphatic heterocycles. The van der Waals surface area contributed by atoms with Crippen molar-refractivity contribution in [1.29, 1.82) is 0 Å². The maximum absolute atomic E-state index is 16.3. The third-order valence-corrected chi connectivity index (χ3v) is 8.72. The van der Waals surface area contributed by atoms with E-state index < -0.39 is 49.0 Å². The number of halogens is 1. The van der Waals surface area contributed by atoms with E-state index in [1.54, 1.807) is 0 Å². The minimum absolute atomic E-state index is 0.0243. The number of alkyl halides is 1. The molecule has 0 spiro atoms. The van der Waals surface area contributed by atoms with Crippen molar-refractivity contribution < 1.29 is 32.2 Å². The van der Waals surface area contributed by atoms with Gasteiger partial charge in [-0.3, -0.25) is 28.0 Å². The number of nitrogen functional groups attached to an aromatic ring is 2. The van der Waals surface area contributed by atoms with Gasteiger partial charge in [-0.05, 0) is 6.42 Å². The molecule has 7 heterocycles. The van der Waals surface area contributed by atoms with Crippen LogP contribution in [0.4, 0.5) is 16.2 Å². The number of anilines is 2. The zero-order valence-corrected chi connectivity index (χ0v) is 22.2. The molecule has 7 atom stereocenters. The second kappa shape index (κ2) is 9.16. The van der Waals surface area contributed by atoms with E-state index in [4.69, 9.17) is 34.7 Å². The van der Waals surface area contributed by atoms with E-state index in [0.29, 0.717) is 0 Å². The van der Waals surface area contributed by atoms with Gasteiger partial charge >= 0.3 is 12.8 Å². The van der Waals surface area contributed by atoms with Crippen LogP contribution in [-0.4, -0.2) is 70.7 Å². The van der Waals surface area contributed by atoms with E-state index in [1.165, 1.54) is 23.5 Å². The second-order valence-electron chi connectivity index (χ2n) is 9.45. The Hall–Kier alpha value is -3.19. The second-order valence-corrected chi connectivity index (χ2v) is 12.3. The Morgan fingerprint density at radius 2 is 1.98 bits per heavy atom. The van der Waals surface area contributed by atoms with Gasteiger partial charge in [0.05, 0.1) is 31.6 Å². The van der Waals surface area contributed by atoms with Crippen molar-refractivity contribution in [1.82, 2.24) is 39.0 Å². The number of nitrogens with one attached hydrogen (secondary N) is 1. The number of nitrogens with zero attached hydrogens (tertiary/aromatic N) is 7. The van der Waals surface area contributed by atoms with Crippen molar-refractivity contribution >= 4 is 53.1 Å². The number of aromatic nitrogens is 8. The maximum atomic E-state index is 16.3. The number of ether oxygens (including phenoxy) is 3. The highest BCUT2D eigenvalue weighted by Crippen LogP contribution is 2.58. The first-order chi connectivity index (χ1) is 19.1. The summed E-state index contributed by atoms with van der Waals surface area (Å²) in [5.74, 6) is -3.22. The highest BCUT2D eigenvalue weighted by atomic mass is 32.7. The lowest BCUT2D eigenvalue weighted by Crippen LogP contribution is -2.60. The van der Waals surface area contributed by atoms with Gasteiger partial charge in [0.25, 0.3) is 5.56 Å². The molecule has 4 aromatic heterocycles. The number of fused-ring (bicyclic) bond motifs is 5. The van der Waals surface area contributed by atoms with Gasteiger partial charge in [0, 0.05) is 6.42 Å². The molecule has 212 valence electrons. The summed E-state index contributed by atoms with van der Waals surface area (Å²) in [6.07, 6.45) is 0.503. The molecule has 17 nitrogen and oxygen atoms in total. The molecule has 5 N–H and O–H groups in total. The van der Waals surface area contributed by atoms with Crippen LogP contribution in [-0.2, 0) is 33.8 Å². The van der Waals surface area contributed by atoms with E-state index in [2.05, 4.69) is 42.2 Å². The third-order valence-electron chi connectivity index (χ3n) is 7.07. The molecule has 0 aromatic carbocycles. The number of rotatable bonds is 2. The number of H-pyrrole nitrogens is 1. The highest BCUT2D eigenvalue weighted by molar-refractivity contribution is 8.44. The average molecular weight is 596 g/mol. The van der Waals surface area contributed by atoms with Crippen LogP contribution in [0.3, 0.4) is 0 Å². The molecule has 40 heavy (non-hydrogen) atoms. The van der Waals surface area contributed by atoms with E-state index in [9.17, 15) is 9.36 Å². The molecule has 3 aliphatic rings. The topological polar surface area (TPSA) is 222 Å². The molecule has 4 aromatic rings. The van der Waals surface area contributed by atoms with Gasteiger partial charge < -0.3 is 25.7 Å². The van der Waals surface area contributed by atoms with Gasteiger partial charge in [-0.25, -0.2) is 24.5 Å². The van der Waals surface area contributed by atoms with Crippen LogP contribution in [0.25, 0.3) is 22.3 Å². The van der Waals surface area contributed by atoms with Crippen molar-refractivity contribution in [2.75, 3.05) is 24.7 Å². The summed E-state index contributed by atoms with van der Waals surface area (Å²) in [4.78, 5) is 34.9. The van der Waals surface area contributed by atoms with Crippen LogP contribution in [0.1, 0.15) is 19.1 Å². The Labute approximate surface area is 228 Å². The highest BCUT2D eigenvalue weighted by Gasteiger charge is 2.59. The molecule has 0 aliphatic carbocycles. The first kappa shape index (κ1) is 25.8. The van der Waals surface area contributed by atoms with Crippen LogP contribution in [0.2, 0.25) is 0 Å². The molecule has 3 fully saturated rings. The zero-order valence-electron chi connectivity index (χ0n) is 20.4. The summed E-state index contributed by atoms with van der Waals surface area (Å²) in [7, 11) is 0. The molecule has 3 saturated heterocycles. The molecular weight excluding hydrogens is 574 g/mol. The monoisotopic (exact) mass is 596 g/mol. The number of imidazole rings is 2. The minimum atomic E-state index is -4.03. The van der Waals surface area contributed by atoms with Crippen molar-refractivity contribution in [2.45, 2.75) is 43.5 Å². The Morgan fingerprint density at radius 1 is 1.15 bits per heavy atom. The number of thiol groups is 1. The predicted octanol–water partition coefficient (Wildman–Crippen LogP) is 0.824. The lowest BCUT2D eigenvalue weighted by Gasteiger charge is -2.49. The Morgan fingerprint density at radius 3 is 2.83 bits per heavy atom. The molecule has 0 radical (unpaired) electrons. The van der Waals surface area contributed by atoms with Crippen LogP contribution < -0.4 is 17.0 Å². The predicted molar refractivity (Wildman–Crippen MR) is 136 cm³/mol. The molecule has 0 saturated carbocycles. The average Bonchev–Trinajstić information content (AvgIpc) is 3.61. The fourth-order valence-electron chi connectivity index (χ4n) is 5.24. The van der Waals surface area contributed by atoms with Crippen LogP contribution in [0, 0.1) is 5.92 Å². The smallest absolute Gasteiger partial charge is 0.382 e. The first-order valence-electron chi connectivity index (χ1n) is 12.1. The summed E-state index contributed by atoms with van der Waals surface area (Å²) in [5, 5.41) is 0. The van der Waals surface area contributed by atoms with Gasteiger partial charge in [-0.1, -0.05) is 12.2 Å². The summed E-state index contributed by atoms with van der Waals surface area (Å²) in [6.45, 7) is -4.25. The van der Waals surface area contributed by atoms with Crippen LogP contribution in [0.15, 0.2) is 23.8 Å². The van der Waals surface area contributed by atoms with E-state index in [1.807, 2.05) is 0 Å². The van der Waals surface area contributed by atoms with Gasteiger partial charge in [0.15, 0.2) is 35.1 Å². The van der Waals surface area contributed by atoms with Crippen molar-refractivity contribution in [2.24, 2.45) is 5.92 Å². The Balaban J connectivity index is 1.17. The van der Waals surface area contributed by atoms with Gasteiger partial charge in [-0.15, -0.1) is 0 Å². The standard InChI is InChI=1S/C20H22FN10O7PS/c21-20(31-7-27-12-14(22)24-5-25-15(12)31)8-1-2-34-11-3-9(38-39(33,40)35-4-10(8)37-20)18(36-11)30-6-26-13-16(30)28-19(23)29-17(13)32/h5-11,18H,1-4H2,(H,33,40)(H2,22,24,25)(H3,23,28,29,32)/t8?,9-,10?,11-,18?,20?,39?/m0/s1. The number of nitrogens with two attached hydrogens (primary N) is 2. The van der Waals surface area contributed by atoms with Crippen molar-refractivity contribution in [3.8, 4) is 0 Å². The quantitative estimate of drug-likeness (QED) is 0.186. The molecule has 0 amide bonds. The van der Waals surface area contributed by atoms with Crippen LogP contribution in [0.5, 0.6) is 0 Å². The van der Waals surface area contributed by atoms with Crippen molar-refractivity contribution in [3.63, 3.8) is 0 Å². The summed E-state index contributed by atoms with van der Waals surface area (Å²) in [6, 6.07) is 0. The Kier molecular flexibility index (Phi) is 5.90. The van der Waals surface area contributed by atoms with E-state index >= 15 is 4.39 Å². The fraction of sp³-hybridized carbons (Fsp3) is 0.500. The third kappa shape index (κ3) is 4.08. The SMILES string of the molecule is Nc1nc2c(ncn2C2O[C@H]3C[C@@H]2OP(=O)(S)OCC2OC(F)(n4cnc5c(N)ncnc54)C2CCO3)c(=O)[nH]1. The van der Waals surface area contributed by atoms with Gasteiger partial charge in [-0.2, -0.15) is 9.37 Å². The van der Waals surface area contributed by atoms with Crippen LogP contribution >= 0.6 is 19.0 Å². The maximum Gasteiger partial charge on any atom is 0.386 e. The Bertz CT molecular complexity index is 1730. The summed E-state index contributed by atoms with van der Waals surface area (Å²) in [5.41, 5.74) is 11.5. The summed E-state index contributed by atoms with van der Waals surface area (Å²) >= 11 is 4.12. The van der Waals surface area contributed by atoms with E-state index in [0.717, 1.165) is 4.57 Å². The minimum Gasteiger partial charge on any atom is -0.382 e. The number of aromatic amines is 1. The van der Waals surface area contributed by atoms with Gasteiger partial charge in [0.1, 0.15) is 24.3 Å². The lowest BCUT2D eigenvalue weighted by molar-refractivity contribution is -0.385. The molecular formula is C20H22FN10O7PS. The van der Waals surface area contributed by atoms with Crippen molar-refractivity contribution in [3.05, 3.63) is 29.3 Å². The fourth-order valence-corrected chi connectivity index (χ4v) is 6.73. The molecule has 20 heteroatoms. The van der Waals surface area contributed by atoms with Gasteiger partial charge in [0.2, 0.25) is 5.95 Å². The summed E-state index contributed by atoms with van der Waals surface area (Å²) < 4.78 is 61.0. The molecule has 7 rings (SSSR count). The number of hydrogen-bond donors (Lipinski definition) is 4. The number of hydrogen-bond acceptors (Lipinski definition) is 14.